The average molecular weight is 249 g/mol. The first-order valence-electron chi connectivity index (χ1n) is 6.13. The summed E-state index contributed by atoms with van der Waals surface area (Å²) in [6.45, 7) is 2.01. The van der Waals surface area contributed by atoms with Gasteiger partial charge in [0.15, 0.2) is 0 Å². The standard InChI is InChI=1S/C14H19NO3/c1-9-6-11(4-5-13(9)18-3)15(2)12-7-10(8-12)14(16)17/h4-6,10,12H,7-8H2,1-3H3,(H,16,17). The van der Waals surface area contributed by atoms with Crippen molar-refractivity contribution in [3.63, 3.8) is 0 Å². The molecule has 1 aromatic carbocycles. The van der Waals surface area contributed by atoms with E-state index in [0.717, 1.165) is 29.8 Å². The summed E-state index contributed by atoms with van der Waals surface area (Å²) in [6.07, 6.45) is 1.47. The van der Waals surface area contributed by atoms with Crippen LogP contribution in [-0.4, -0.2) is 31.3 Å². The molecule has 1 fully saturated rings. The molecule has 4 heteroatoms. The largest absolute Gasteiger partial charge is 0.496 e. The molecule has 4 nitrogen and oxygen atoms in total. The van der Waals surface area contributed by atoms with Crippen molar-refractivity contribution in [3.05, 3.63) is 23.8 Å². The third-order valence-electron chi connectivity index (χ3n) is 3.80. The zero-order chi connectivity index (χ0) is 13.3. The van der Waals surface area contributed by atoms with Gasteiger partial charge in [-0.25, -0.2) is 0 Å². The Labute approximate surface area is 107 Å². The van der Waals surface area contributed by atoms with Gasteiger partial charge in [-0.3, -0.25) is 4.79 Å². The van der Waals surface area contributed by atoms with E-state index >= 15 is 0 Å². The number of anilines is 1. The summed E-state index contributed by atoms with van der Waals surface area (Å²) in [5, 5.41) is 8.88. The highest BCUT2D eigenvalue weighted by atomic mass is 16.5. The van der Waals surface area contributed by atoms with E-state index in [9.17, 15) is 4.79 Å². The predicted octanol–water partition coefficient (Wildman–Crippen LogP) is 2.30. The van der Waals surface area contributed by atoms with Crippen LogP contribution in [0.2, 0.25) is 0 Å². The lowest BCUT2D eigenvalue weighted by Crippen LogP contribution is -2.45. The monoisotopic (exact) mass is 249 g/mol. The fraction of sp³-hybridized carbons (Fsp3) is 0.500. The Morgan fingerprint density at radius 2 is 2.11 bits per heavy atom. The van der Waals surface area contributed by atoms with Crippen molar-refractivity contribution in [1.29, 1.82) is 0 Å². The lowest BCUT2D eigenvalue weighted by Gasteiger charge is -2.40. The molecule has 1 N–H and O–H groups in total. The van der Waals surface area contributed by atoms with E-state index in [0.29, 0.717) is 6.04 Å². The van der Waals surface area contributed by atoms with Gasteiger partial charge in [-0.1, -0.05) is 0 Å². The molecule has 0 spiro atoms. The quantitative estimate of drug-likeness (QED) is 0.889. The zero-order valence-corrected chi connectivity index (χ0v) is 11.0. The topological polar surface area (TPSA) is 49.8 Å². The van der Waals surface area contributed by atoms with Crippen LogP contribution in [0.1, 0.15) is 18.4 Å². The van der Waals surface area contributed by atoms with Gasteiger partial charge in [0.05, 0.1) is 13.0 Å². The lowest BCUT2D eigenvalue weighted by atomic mass is 9.79. The first kappa shape index (κ1) is 12.7. The van der Waals surface area contributed by atoms with Crippen LogP contribution in [-0.2, 0) is 4.79 Å². The lowest BCUT2D eigenvalue weighted by molar-refractivity contribution is -0.145. The predicted molar refractivity (Wildman–Crippen MR) is 70.3 cm³/mol. The van der Waals surface area contributed by atoms with Gasteiger partial charge < -0.3 is 14.7 Å². The van der Waals surface area contributed by atoms with E-state index in [2.05, 4.69) is 11.0 Å². The number of aryl methyl sites for hydroxylation is 1. The van der Waals surface area contributed by atoms with Crippen LogP contribution in [0.15, 0.2) is 18.2 Å². The number of nitrogens with zero attached hydrogens (tertiary/aromatic N) is 1. The van der Waals surface area contributed by atoms with Gasteiger partial charge in [-0.05, 0) is 43.5 Å². The second kappa shape index (κ2) is 4.88. The number of carboxylic acid groups (broad SMARTS) is 1. The number of hydrogen-bond donors (Lipinski definition) is 1. The minimum Gasteiger partial charge on any atom is -0.496 e. The first-order chi connectivity index (χ1) is 8.52. The molecule has 0 heterocycles. The maximum absolute atomic E-state index is 10.8. The molecular formula is C14H19NO3. The summed E-state index contributed by atoms with van der Waals surface area (Å²) in [6, 6.07) is 6.38. The smallest absolute Gasteiger partial charge is 0.306 e. The molecule has 0 bridgehead atoms. The summed E-state index contributed by atoms with van der Waals surface area (Å²) in [4.78, 5) is 12.9. The molecule has 1 saturated carbocycles. The van der Waals surface area contributed by atoms with Crippen LogP contribution in [0.5, 0.6) is 5.75 Å². The number of methoxy groups -OCH3 is 1. The Bertz CT molecular complexity index is 452. The number of ether oxygens (including phenoxy) is 1. The number of aliphatic carboxylic acids is 1. The number of benzene rings is 1. The molecule has 18 heavy (non-hydrogen) atoms. The third kappa shape index (κ3) is 2.28. The van der Waals surface area contributed by atoms with E-state index in [4.69, 9.17) is 9.84 Å². The molecular weight excluding hydrogens is 230 g/mol. The number of hydrogen-bond acceptors (Lipinski definition) is 3. The number of rotatable bonds is 4. The maximum Gasteiger partial charge on any atom is 0.306 e. The van der Waals surface area contributed by atoms with Crippen LogP contribution in [0, 0.1) is 12.8 Å². The van der Waals surface area contributed by atoms with Crippen molar-refractivity contribution < 1.29 is 14.6 Å². The molecule has 0 aromatic heterocycles. The van der Waals surface area contributed by atoms with Gasteiger partial charge in [0.25, 0.3) is 0 Å². The SMILES string of the molecule is COc1ccc(N(C)C2CC(C(=O)O)C2)cc1C. The van der Waals surface area contributed by atoms with Crippen LogP contribution < -0.4 is 9.64 Å². The second-order valence-electron chi connectivity index (χ2n) is 4.93. The van der Waals surface area contributed by atoms with Crippen LogP contribution in [0.4, 0.5) is 5.69 Å². The van der Waals surface area contributed by atoms with Crippen LogP contribution >= 0.6 is 0 Å². The summed E-state index contributed by atoms with van der Waals surface area (Å²) in [5.74, 6) is 0.0338. The third-order valence-corrected chi connectivity index (χ3v) is 3.80. The average Bonchev–Trinajstić information content (AvgIpc) is 2.26. The number of carboxylic acids is 1. The normalized spacial score (nSPS) is 22.2. The highest BCUT2D eigenvalue weighted by Crippen LogP contribution is 2.35. The molecule has 2 rings (SSSR count). The van der Waals surface area contributed by atoms with E-state index in [1.807, 2.05) is 26.1 Å². The molecule has 0 radical (unpaired) electrons. The fourth-order valence-electron chi connectivity index (χ4n) is 2.40. The Morgan fingerprint density at radius 3 is 2.61 bits per heavy atom. The second-order valence-corrected chi connectivity index (χ2v) is 4.93. The Hall–Kier alpha value is -1.71. The minimum absolute atomic E-state index is 0.170. The van der Waals surface area contributed by atoms with Crippen molar-refractivity contribution in [2.75, 3.05) is 19.1 Å². The molecule has 98 valence electrons. The molecule has 0 amide bonds. The molecule has 0 aliphatic heterocycles. The highest BCUT2D eigenvalue weighted by molar-refractivity contribution is 5.71. The van der Waals surface area contributed by atoms with Gasteiger partial charge in [0, 0.05) is 18.8 Å². The van der Waals surface area contributed by atoms with E-state index in [-0.39, 0.29) is 5.92 Å². The first-order valence-corrected chi connectivity index (χ1v) is 6.13. The fourth-order valence-corrected chi connectivity index (χ4v) is 2.40. The van der Waals surface area contributed by atoms with Crippen molar-refractivity contribution in [2.24, 2.45) is 5.92 Å². The maximum atomic E-state index is 10.8. The minimum atomic E-state index is -0.675. The van der Waals surface area contributed by atoms with Gasteiger partial charge in [-0.15, -0.1) is 0 Å². The van der Waals surface area contributed by atoms with Crippen LogP contribution in [0.3, 0.4) is 0 Å². The van der Waals surface area contributed by atoms with Crippen molar-refractivity contribution in [1.82, 2.24) is 0 Å². The Morgan fingerprint density at radius 1 is 1.44 bits per heavy atom. The molecule has 1 aliphatic carbocycles. The van der Waals surface area contributed by atoms with Gasteiger partial charge >= 0.3 is 5.97 Å². The Kier molecular flexibility index (Phi) is 3.45. The number of carbonyl (C=O) groups is 1. The van der Waals surface area contributed by atoms with Crippen molar-refractivity contribution >= 4 is 11.7 Å². The summed E-state index contributed by atoms with van der Waals surface area (Å²) >= 11 is 0. The molecule has 1 aromatic rings. The van der Waals surface area contributed by atoms with Crippen molar-refractivity contribution in [3.8, 4) is 5.75 Å². The Balaban J connectivity index is 2.04. The van der Waals surface area contributed by atoms with E-state index in [1.54, 1.807) is 7.11 Å². The molecule has 0 atom stereocenters. The molecule has 0 unspecified atom stereocenters. The highest BCUT2D eigenvalue weighted by Gasteiger charge is 2.36. The van der Waals surface area contributed by atoms with Gasteiger partial charge in [-0.2, -0.15) is 0 Å². The van der Waals surface area contributed by atoms with E-state index in [1.165, 1.54) is 0 Å². The zero-order valence-electron chi connectivity index (χ0n) is 11.0. The summed E-state index contributed by atoms with van der Waals surface area (Å²) in [5.41, 5.74) is 2.21. The van der Waals surface area contributed by atoms with Gasteiger partial charge in [0.1, 0.15) is 5.75 Å². The van der Waals surface area contributed by atoms with Crippen LogP contribution in [0.25, 0.3) is 0 Å². The molecule has 1 aliphatic rings. The van der Waals surface area contributed by atoms with Gasteiger partial charge in [0.2, 0.25) is 0 Å². The van der Waals surface area contributed by atoms with Crippen molar-refractivity contribution in [2.45, 2.75) is 25.8 Å². The van der Waals surface area contributed by atoms with E-state index < -0.39 is 5.97 Å². The molecule has 0 saturated heterocycles. The summed E-state index contributed by atoms with van der Waals surface area (Å²) < 4.78 is 5.23. The summed E-state index contributed by atoms with van der Waals surface area (Å²) in [7, 11) is 3.68.